The molecule has 0 aliphatic rings. The van der Waals surface area contributed by atoms with Gasteiger partial charge in [-0.3, -0.25) is 5.10 Å². The number of hydrogen-bond acceptors (Lipinski definition) is 5. The Morgan fingerprint density at radius 3 is 2.70 bits per heavy atom. The summed E-state index contributed by atoms with van der Waals surface area (Å²) in [7, 11) is -0.120. The molecule has 0 unspecified atom stereocenters. The highest BCUT2D eigenvalue weighted by Gasteiger charge is 2.22. The van der Waals surface area contributed by atoms with Gasteiger partial charge in [0.2, 0.25) is 0 Å². The Morgan fingerprint density at radius 1 is 1.30 bits per heavy atom. The maximum Gasteiger partial charge on any atom is 0.260 e. The van der Waals surface area contributed by atoms with Crippen LogP contribution in [-0.4, -0.2) is 45.9 Å². The highest BCUT2D eigenvalue weighted by Crippen LogP contribution is 2.15. The summed E-state index contributed by atoms with van der Waals surface area (Å²) in [4.78, 5) is 0. The summed E-state index contributed by atoms with van der Waals surface area (Å²) in [6.45, 7) is 3.39. The molecular formula is C12H24N4O3S. The molecule has 116 valence electrons. The summed E-state index contributed by atoms with van der Waals surface area (Å²) < 4.78 is 31.9. The Kier molecular flexibility index (Phi) is 7.14. The van der Waals surface area contributed by atoms with Gasteiger partial charge in [-0.1, -0.05) is 0 Å². The van der Waals surface area contributed by atoms with E-state index < -0.39 is 10.0 Å². The molecule has 1 aromatic heterocycles. The smallest absolute Gasteiger partial charge is 0.260 e. The fraction of sp³-hybridized carbons (Fsp3) is 0.750. The number of nitrogens with one attached hydrogen (secondary N) is 3. The van der Waals surface area contributed by atoms with E-state index in [1.165, 1.54) is 0 Å². The van der Waals surface area contributed by atoms with Crippen LogP contribution in [0, 0.1) is 6.92 Å². The van der Waals surface area contributed by atoms with Gasteiger partial charge >= 0.3 is 0 Å². The van der Waals surface area contributed by atoms with Crippen molar-refractivity contribution in [2.75, 3.05) is 27.3 Å². The van der Waals surface area contributed by atoms with E-state index >= 15 is 0 Å². The van der Waals surface area contributed by atoms with Crippen LogP contribution in [0.2, 0.25) is 0 Å². The lowest BCUT2D eigenvalue weighted by molar-refractivity contribution is 0.192. The van der Waals surface area contributed by atoms with Crippen molar-refractivity contribution in [3.8, 4) is 0 Å². The molecule has 0 fully saturated rings. The second-order valence-corrected chi connectivity index (χ2v) is 6.30. The maximum absolute atomic E-state index is 12.2. The lowest BCUT2D eigenvalue weighted by atomic mass is 10.2. The van der Waals surface area contributed by atoms with E-state index in [1.54, 1.807) is 14.2 Å². The number of aromatic nitrogens is 2. The first-order chi connectivity index (χ1) is 9.53. The Balaban J connectivity index is 2.56. The van der Waals surface area contributed by atoms with E-state index in [1.807, 2.05) is 6.92 Å². The van der Waals surface area contributed by atoms with Crippen LogP contribution in [0.5, 0.6) is 0 Å². The van der Waals surface area contributed by atoms with Gasteiger partial charge in [-0.05, 0) is 33.2 Å². The van der Waals surface area contributed by atoms with Crippen LogP contribution < -0.4 is 10.0 Å². The molecular weight excluding hydrogens is 280 g/mol. The van der Waals surface area contributed by atoms with Crippen molar-refractivity contribution in [3.05, 3.63) is 11.3 Å². The number of rotatable bonds is 10. The first-order valence-corrected chi connectivity index (χ1v) is 8.18. The van der Waals surface area contributed by atoms with Gasteiger partial charge in [0.25, 0.3) is 10.0 Å². The molecule has 1 heterocycles. The second kappa shape index (κ2) is 8.35. The summed E-state index contributed by atoms with van der Waals surface area (Å²) >= 11 is 0. The number of aromatic amines is 1. The lowest BCUT2D eigenvalue weighted by Crippen LogP contribution is -2.26. The fourth-order valence-corrected chi connectivity index (χ4v) is 3.13. The van der Waals surface area contributed by atoms with E-state index in [4.69, 9.17) is 4.74 Å². The summed E-state index contributed by atoms with van der Waals surface area (Å²) in [6, 6.07) is 0. The number of nitrogens with zero attached hydrogens (tertiary/aromatic N) is 1. The Hall–Kier alpha value is -0.960. The molecule has 0 radical (unpaired) electrons. The third kappa shape index (κ3) is 4.86. The quantitative estimate of drug-likeness (QED) is 0.548. The third-order valence-electron chi connectivity index (χ3n) is 2.96. The summed E-state index contributed by atoms with van der Waals surface area (Å²) in [5, 5.41) is 9.65. The largest absolute Gasteiger partial charge is 0.385 e. The fourth-order valence-electron chi connectivity index (χ4n) is 1.86. The minimum atomic E-state index is -3.55. The maximum atomic E-state index is 12.2. The number of methoxy groups -OCH3 is 1. The SMILES string of the molecule is CNCc1c(S(=O)(=O)NCCCCCOC)n[nH]c1C. The first-order valence-electron chi connectivity index (χ1n) is 6.70. The number of hydrogen-bond donors (Lipinski definition) is 3. The summed E-state index contributed by atoms with van der Waals surface area (Å²) in [5.41, 5.74) is 1.44. The number of H-pyrrole nitrogens is 1. The molecule has 1 aromatic rings. The van der Waals surface area contributed by atoms with E-state index in [0.717, 1.165) is 25.0 Å². The van der Waals surface area contributed by atoms with Crippen LogP contribution in [-0.2, 0) is 21.3 Å². The van der Waals surface area contributed by atoms with Crippen LogP contribution in [0.15, 0.2) is 5.03 Å². The van der Waals surface area contributed by atoms with Crippen molar-refractivity contribution in [2.45, 2.75) is 37.8 Å². The Bertz CT molecular complexity index is 499. The van der Waals surface area contributed by atoms with E-state index in [2.05, 4.69) is 20.2 Å². The van der Waals surface area contributed by atoms with Crippen molar-refractivity contribution < 1.29 is 13.2 Å². The van der Waals surface area contributed by atoms with Gasteiger partial charge in [-0.2, -0.15) is 5.10 Å². The standard InChI is InChI=1S/C12H24N4O3S/c1-10-11(9-13-2)12(16-15-10)20(17,18)14-7-5-4-6-8-19-3/h13-14H,4-9H2,1-3H3,(H,15,16). The highest BCUT2D eigenvalue weighted by atomic mass is 32.2. The zero-order valence-corrected chi connectivity index (χ0v) is 13.1. The predicted octanol–water partition coefficient (Wildman–Crippen LogP) is 0.533. The van der Waals surface area contributed by atoms with Gasteiger partial charge in [0.1, 0.15) is 0 Å². The van der Waals surface area contributed by atoms with Gasteiger partial charge in [0.15, 0.2) is 5.03 Å². The predicted molar refractivity (Wildman–Crippen MR) is 77.0 cm³/mol. The number of ether oxygens (including phenoxy) is 1. The number of unbranched alkanes of at least 4 members (excludes halogenated alkanes) is 2. The van der Waals surface area contributed by atoms with Crippen molar-refractivity contribution in [1.29, 1.82) is 0 Å². The van der Waals surface area contributed by atoms with Gasteiger partial charge in [0, 0.05) is 38.1 Å². The van der Waals surface area contributed by atoms with Crippen molar-refractivity contribution in [3.63, 3.8) is 0 Å². The van der Waals surface area contributed by atoms with E-state index in [9.17, 15) is 8.42 Å². The molecule has 0 saturated heterocycles. The Morgan fingerprint density at radius 2 is 2.05 bits per heavy atom. The topological polar surface area (TPSA) is 96.1 Å². The average molecular weight is 304 g/mol. The molecule has 0 bridgehead atoms. The molecule has 0 aliphatic heterocycles. The Labute approximate surface area is 120 Å². The van der Waals surface area contributed by atoms with Crippen molar-refractivity contribution in [2.24, 2.45) is 0 Å². The van der Waals surface area contributed by atoms with Crippen LogP contribution in [0.25, 0.3) is 0 Å². The first kappa shape index (κ1) is 17.1. The molecule has 0 spiro atoms. The van der Waals surface area contributed by atoms with Crippen molar-refractivity contribution >= 4 is 10.0 Å². The average Bonchev–Trinajstić information content (AvgIpc) is 2.77. The monoisotopic (exact) mass is 304 g/mol. The number of aryl methyl sites for hydroxylation is 1. The van der Waals surface area contributed by atoms with E-state index in [-0.39, 0.29) is 5.03 Å². The van der Waals surface area contributed by atoms with Gasteiger partial charge < -0.3 is 10.1 Å². The zero-order valence-electron chi connectivity index (χ0n) is 12.3. The highest BCUT2D eigenvalue weighted by molar-refractivity contribution is 7.89. The number of sulfonamides is 1. The van der Waals surface area contributed by atoms with Crippen LogP contribution in [0.4, 0.5) is 0 Å². The molecule has 1 rings (SSSR count). The molecule has 0 atom stereocenters. The van der Waals surface area contributed by atoms with Crippen LogP contribution in [0.1, 0.15) is 30.5 Å². The van der Waals surface area contributed by atoms with Crippen molar-refractivity contribution in [1.82, 2.24) is 20.2 Å². The molecule has 0 saturated carbocycles. The van der Waals surface area contributed by atoms with E-state index in [0.29, 0.717) is 25.3 Å². The minimum Gasteiger partial charge on any atom is -0.385 e. The molecule has 0 aliphatic carbocycles. The summed E-state index contributed by atoms with van der Waals surface area (Å²) in [6.07, 6.45) is 2.65. The second-order valence-electron chi connectivity index (χ2n) is 4.61. The van der Waals surface area contributed by atoms with Gasteiger partial charge in [-0.25, -0.2) is 13.1 Å². The molecule has 0 aromatic carbocycles. The molecule has 20 heavy (non-hydrogen) atoms. The summed E-state index contributed by atoms with van der Waals surface area (Å²) in [5.74, 6) is 0. The third-order valence-corrected chi connectivity index (χ3v) is 4.39. The van der Waals surface area contributed by atoms with Gasteiger partial charge in [0.05, 0.1) is 0 Å². The minimum absolute atomic E-state index is 0.0845. The van der Waals surface area contributed by atoms with Crippen LogP contribution in [0.3, 0.4) is 0 Å². The van der Waals surface area contributed by atoms with Gasteiger partial charge in [-0.15, -0.1) is 0 Å². The van der Waals surface area contributed by atoms with Crippen LogP contribution >= 0.6 is 0 Å². The molecule has 7 nitrogen and oxygen atoms in total. The zero-order chi connectivity index (χ0) is 15.0. The lowest BCUT2D eigenvalue weighted by Gasteiger charge is -2.07. The molecule has 3 N–H and O–H groups in total. The molecule has 0 amide bonds. The normalized spacial score (nSPS) is 11.9. The molecule has 8 heteroatoms.